The van der Waals surface area contributed by atoms with E-state index < -0.39 is 0 Å². The van der Waals surface area contributed by atoms with Crippen LogP contribution in [0.3, 0.4) is 0 Å². The molecule has 0 aliphatic carbocycles. The molecule has 0 aliphatic heterocycles. The third-order valence-electron chi connectivity index (χ3n) is 5.78. The van der Waals surface area contributed by atoms with Crippen molar-refractivity contribution in [2.45, 2.75) is 33.1 Å². The summed E-state index contributed by atoms with van der Waals surface area (Å²) in [4.78, 5) is 17.4. The summed E-state index contributed by atoms with van der Waals surface area (Å²) in [6.45, 7) is 6.77. The molecule has 1 atom stereocenters. The first kappa shape index (κ1) is 26.1. The lowest BCUT2D eigenvalue weighted by Gasteiger charge is -2.12. The molecule has 2 N–H and O–H groups in total. The van der Waals surface area contributed by atoms with Crippen molar-refractivity contribution in [3.63, 3.8) is 0 Å². The van der Waals surface area contributed by atoms with Crippen LogP contribution in [-0.2, 0) is 0 Å². The summed E-state index contributed by atoms with van der Waals surface area (Å²) in [7, 11) is 0. The number of rotatable bonds is 7. The second-order valence-corrected chi connectivity index (χ2v) is 9.91. The van der Waals surface area contributed by atoms with Gasteiger partial charge in [0, 0.05) is 11.1 Å². The van der Waals surface area contributed by atoms with E-state index >= 15 is 0 Å². The highest BCUT2D eigenvalue weighted by molar-refractivity contribution is 9.10. The first-order valence-corrected chi connectivity index (χ1v) is 13.1. The Morgan fingerprint density at radius 3 is 2.69 bits per heavy atom. The topological polar surface area (TPSA) is 76.4 Å². The number of carbonyl (C=O) groups is 1. The molecule has 3 aromatic carbocycles. The second-order valence-electron chi connectivity index (χ2n) is 8.24. The summed E-state index contributed by atoms with van der Waals surface area (Å²) >= 11 is 15.2. The van der Waals surface area contributed by atoms with E-state index in [1.54, 1.807) is 30.3 Å². The maximum Gasteiger partial charge on any atom is 0.257 e. The van der Waals surface area contributed by atoms with Gasteiger partial charge in [-0.3, -0.25) is 10.1 Å². The minimum Gasteiger partial charge on any atom is -0.493 e. The first-order chi connectivity index (χ1) is 17.3. The van der Waals surface area contributed by atoms with E-state index in [0.29, 0.717) is 50.5 Å². The average molecular weight is 587 g/mol. The number of carbonyl (C=O) groups excluding carboxylic acids is 1. The zero-order chi connectivity index (χ0) is 25.8. The van der Waals surface area contributed by atoms with Crippen molar-refractivity contribution in [1.29, 1.82) is 0 Å². The number of oxazole rings is 1. The van der Waals surface area contributed by atoms with E-state index in [1.165, 1.54) is 5.56 Å². The largest absolute Gasteiger partial charge is 0.493 e. The Bertz CT molecular complexity index is 1440. The third-order valence-corrected chi connectivity index (χ3v) is 6.93. The quantitative estimate of drug-likeness (QED) is 0.214. The standard InChI is InChI=1S/C27H25BrClN3O3S/c1-4-15(3)16-7-11-24-22(13-16)30-26(35-24)18-6-9-20(29)21(14-18)31-27(36)32-25(33)17-8-10-23(34-5-2)19(28)12-17/h6-15H,4-5H2,1-3H3,(H2,31,32,33,36). The fourth-order valence-electron chi connectivity index (χ4n) is 3.61. The lowest BCUT2D eigenvalue weighted by atomic mass is 9.98. The molecule has 6 nitrogen and oxygen atoms in total. The Morgan fingerprint density at radius 2 is 1.97 bits per heavy atom. The number of hydrogen-bond acceptors (Lipinski definition) is 5. The molecule has 0 aliphatic rings. The molecule has 4 aromatic rings. The summed E-state index contributed by atoms with van der Waals surface area (Å²) in [5.74, 6) is 1.22. The van der Waals surface area contributed by atoms with E-state index in [9.17, 15) is 4.79 Å². The monoisotopic (exact) mass is 585 g/mol. The summed E-state index contributed by atoms with van der Waals surface area (Å²) < 4.78 is 12.2. The molecule has 1 unspecified atom stereocenters. The smallest absolute Gasteiger partial charge is 0.257 e. The molecule has 9 heteroatoms. The Labute approximate surface area is 228 Å². The van der Waals surface area contributed by atoms with Crippen molar-refractivity contribution >= 4 is 67.6 Å². The minimum atomic E-state index is -0.361. The number of amides is 1. The molecule has 0 saturated heterocycles. The van der Waals surface area contributed by atoms with E-state index in [4.69, 9.17) is 33.0 Å². The van der Waals surface area contributed by atoms with Crippen molar-refractivity contribution < 1.29 is 13.9 Å². The van der Waals surface area contributed by atoms with Gasteiger partial charge in [-0.15, -0.1) is 0 Å². The van der Waals surface area contributed by atoms with Crippen LogP contribution in [0.5, 0.6) is 5.75 Å². The highest BCUT2D eigenvalue weighted by Crippen LogP contribution is 2.32. The SMILES string of the molecule is CCOc1ccc(C(=O)NC(=S)Nc2cc(-c3nc4cc(C(C)CC)ccc4o3)ccc2Cl)cc1Br. The fourth-order valence-corrected chi connectivity index (χ4v) is 4.47. The van der Waals surface area contributed by atoms with Crippen molar-refractivity contribution in [2.75, 3.05) is 11.9 Å². The lowest BCUT2D eigenvalue weighted by Crippen LogP contribution is -2.34. The molecule has 4 rings (SSSR count). The molecular weight excluding hydrogens is 562 g/mol. The van der Waals surface area contributed by atoms with Gasteiger partial charge in [-0.2, -0.15) is 0 Å². The second kappa shape index (κ2) is 11.4. The number of nitrogens with one attached hydrogen (secondary N) is 2. The lowest BCUT2D eigenvalue weighted by molar-refractivity contribution is 0.0977. The summed E-state index contributed by atoms with van der Waals surface area (Å²) in [6, 6.07) is 16.5. The molecule has 0 saturated carbocycles. The number of halogens is 2. The zero-order valence-electron chi connectivity index (χ0n) is 20.0. The van der Waals surface area contributed by atoms with E-state index in [1.807, 2.05) is 19.1 Å². The van der Waals surface area contributed by atoms with Crippen LogP contribution in [0.4, 0.5) is 5.69 Å². The van der Waals surface area contributed by atoms with Crippen LogP contribution >= 0.6 is 39.7 Å². The molecule has 0 fully saturated rings. The van der Waals surface area contributed by atoms with Gasteiger partial charge < -0.3 is 14.5 Å². The van der Waals surface area contributed by atoms with Crippen LogP contribution in [0, 0.1) is 0 Å². The van der Waals surface area contributed by atoms with Crippen molar-refractivity contribution in [1.82, 2.24) is 10.3 Å². The number of benzene rings is 3. The van der Waals surface area contributed by atoms with Gasteiger partial charge in [-0.05, 0) is 102 Å². The maximum absolute atomic E-state index is 12.7. The Kier molecular flexibility index (Phi) is 8.28. The van der Waals surface area contributed by atoms with Gasteiger partial charge in [0.15, 0.2) is 10.7 Å². The van der Waals surface area contributed by atoms with Gasteiger partial charge in [0.05, 0.1) is 21.8 Å². The number of anilines is 1. The summed E-state index contributed by atoms with van der Waals surface area (Å²) in [5, 5.41) is 6.22. The van der Waals surface area contributed by atoms with Crippen molar-refractivity contribution in [2.24, 2.45) is 0 Å². The molecule has 36 heavy (non-hydrogen) atoms. The highest BCUT2D eigenvalue weighted by atomic mass is 79.9. The predicted molar refractivity (Wildman–Crippen MR) is 152 cm³/mol. The Morgan fingerprint density at radius 1 is 1.17 bits per heavy atom. The summed E-state index contributed by atoms with van der Waals surface area (Å²) in [6.07, 6.45) is 1.05. The number of hydrogen-bond donors (Lipinski definition) is 2. The van der Waals surface area contributed by atoms with E-state index in [-0.39, 0.29) is 11.0 Å². The predicted octanol–water partition coefficient (Wildman–Crippen LogP) is 7.95. The number of thiocarbonyl (C=S) groups is 1. The van der Waals surface area contributed by atoms with Gasteiger partial charge in [0.2, 0.25) is 5.89 Å². The van der Waals surface area contributed by atoms with Gasteiger partial charge in [-0.25, -0.2) is 4.98 Å². The summed E-state index contributed by atoms with van der Waals surface area (Å²) in [5.41, 5.74) is 4.42. The van der Waals surface area contributed by atoms with Gasteiger partial charge >= 0.3 is 0 Å². The molecule has 1 heterocycles. The molecular formula is C27H25BrClN3O3S. The Balaban J connectivity index is 1.50. The Hall–Kier alpha value is -2.94. The number of ether oxygens (including phenoxy) is 1. The molecule has 0 bridgehead atoms. The molecule has 186 valence electrons. The fraction of sp³-hybridized carbons (Fsp3) is 0.222. The van der Waals surface area contributed by atoms with Gasteiger partial charge in [0.1, 0.15) is 11.3 Å². The number of aromatic nitrogens is 1. The van der Waals surface area contributed by atoms with Crippen LogP contribution in [-0.4, -0.2) is 22.6 Å². The normalized spacial score (nSPS) is 11.8. The van der Waals surface area contributed by atoms with Crippen LogP contribution in [0.1, 0.15) is 49.0 Å². The highest BCUT2D eigenvalue weighted by Gasteiger charge is 2.15. The number of nitrogens with zero attached hydrogens (tertiary/aromatic N) is 1. The van der Waals surface area contributed by atoms with E-state index in [2.05, 4.69) is 57.5 Å². The average Bonchev–Trinajstić information content (AvgIpc) is 3.29. The van der Waals surface area contributed by atoms with Crippen molar-refractivity contribution in [3.8, 4) is 17.2 Å². The molecule has 0 spiro atoms. The van der Waals surface area contributed by atoms with Crippen LogP contribution in [0.2, 0.25) is 5.02 Å². The van der Waals surface area contributed by atoms with Crippen LogP contribution in [0.15, 0.2) is 63.5 Å². The first-order valence-electron chi connectivity index (χ1n) is 11.5. The van der Waals surface area contributed by atoms with Crippen LogP contribution < -0.4 is 15.4 Å². The van der Waals surface area contributed by atoms with Crippen LogP contribution in [0.25, 0.3) is 22.6 Å². The third kappa shape index (κ3) is 5.88. The molecule has 1 amide bonds. The molecule has 0 radical (unpaired) electrons. The van der Waals surface area contributed by atoms with Crippen molar-refractivity contribution in [3.05, 3.63) is 75.2 Å². The number of fused-ring (bicyclic) bond motifs is 1. The minimum absolute atomic E-state index is 0.111. The molecule has 1 aromatic heterocycles. The maximum atomic E-state index is 12.7. The van der Waals surface area contributed by atoms with Gasteiger partial charge in [-0.1, -0.05) is 31.5 Å². The zero-order valence-corrected chi connectivity index (χ0v) is 23.2. The van der Waals surface area contributed by atoms with E-state index in [0.717, 1.165) is 17.5 Å². The van der Waals surface area contributed by atoms with Gasteiger partial charge in [0.25, 0.3) is 5.91 Å².